The molecule has 112 valence electrons. The first-order chi connectivity index (χ1) is 9.15. The molecule has 0 aromatic heterocycles. The largest absolute Gasteiger partial charge is 0.465 e. The average molecular weight is 270 g/mol. The summed E-state index contributed by atoms with van der Waals surface area (Å²) in [5.41, 5.74) is 0. The molecule has 0 aliphatic heterocycles. The molecule has 1 rings (SSSR count). The van der Waals surface area contributed by atoms with E-state index in [9.17, 15) is 9.90 Å². The topological polar surface area (TPSA) is 46.5 Å². The molecule has 0 aromatic carbocycles. The highest BCUT2D eigenvalue weighted by Crippen LogP contribution is 2.25. The molecule has 0 spiro atoms. The monoisotopic (exact) mass is 270 g/mol. The molecule has 3 heteroatoms. The molecule has 3 nitrogen and oxygen atoms in total. The molecule has 0 radical (unpaired) electrons. The van der Waals surface area contributed by atoms with Crippen molar-refractivity contribution in [1.82, 2.24) is 0 Å². The molecule has 1 fully saturated rings. The number of hydrogen-bond donors (Lipinski definition) is 1. The first-order valence-electron chi connectivity index (χ1n) is 7.99. The summed E-state index contributed by atoms with van der Waals surface area (Å²) < 4.78 is 5.40. The molecule has 0 amide bonds. The number of esters is 1. The van der Waals surface area contributed by atoms with Gasteiger partial charge in [-0.25, -0.2) is 0 Å². The van der Waals surface area contributed by atoms with Gasteiger partial charge in [0.2, 0.25) is 0 Å². The predicted octanol–water partition coefficient (Wildman–Crippen LogP) is 3.69. The van der Waals surface area contributed by atoms with Gasteiger partial charge in [0.25, 0.3) is 0 Å². The van der Waals surface area contributed by atoms with Crippen molar-refractivity contribution in [3.63, 3.8) is 0 Å². The van der Waals surface area contributed by atoms with Gasteiger partial charge in [-0.05, 0) is 31.1 Å². The Morgan fingerprint density at radius 1 is 1.26 bits per heavy atom. The Morgan fingerprint density at radius 3 is 2.53 bits per heavy atom. The van der Waals surface area contributed by atoms with Crippen molar-refractivity contribution in [1.29, 1.82) is 0 Å². The Bertz CT molecular complexity index is 246. The average Bonchev–Trinajstić information content (AvgIpc) is 2.37. The molecular formula is C16H30O3. The van der Waals surface area contributed by atoms with Gasteiger partial charge in [0.15, 0.2) is 0 Å². The van der Waals surface area contributed by atoms with Crippen LogP contribution in [0.25, 0.3) is 0 Å². The number of hydrogen-bond acceptors (Lipinski definition) is 3. The van der Waals surface area contributed by atoms with Gasteiger partial charge < -0.3 is 9.84 Å². The number of aliphatic hydroxyl groups excluding tert-OH is 1. The maximum absolute atomic E-state index is 11.8. The van der Waals surface area contributed by atoms with Crippen LogP contribution in [0.2, 0.25) is 0 Å². The molecular weight excluding hydrogens is 240 g/mol. The first-order valence-corrected chi connectivity index (χ1v) is 7.99. The third-order valence-electron chi connectivity index (χ3n) is 4.08. The van der Waals surface area contributed by atoms with E-state index in [0.717, 1.165) is 51.4 Å². The summed E-state index contributed by atoms with van der Waals surface area (Å²) in [7, 11) is 0. The predicted molar refractivity (Wildman–Crippen MR) is 76.8 cm³/mol. The van der Waals surface area contributed by atoms with E-state index < -0.39 is 0 Å². The number of carbonyl (C=O) groups excluding carboxylic acids is 1. The van der Waals surface area contributed by atoms with E-state index in [-0.39, 0.29) is 12.1 Å². The molecule has 0 bridgehead atoms. The SMILES string of the molecule is CCCC(CCC)CC(=O)OCC1CCCC(O)C1. The Balaban J connectivity index is 2.22. The minimum absolute atomic E-state index is 0.0491. The van der Waals surface area contributed by atoms with Crippen LogP contribution < -0.4 is 0 Å². The molecule has 0 aromatic rings. The third-order valence-corrected chi connectivity index (χ3v) is 4.08. The van der Waals surface area contributed by atoms with Crippen LogP contribution in [-0.2, 0) is 9.53 Å². The van der Waals surface area contributed by atoms with Crippen molar-refractivity contribution in [3.8, 4) is 0 Å². The zero-order chi connectivity index (χ0) is 14.1. The number of rotatable bonds is 8. The molecule has 0 saturated heterocycles. The fourth-order valence-electron chi connectivity index (χ4n) is 3.08. The van der Waals surface area contributed by atoms with Crippen LogP contribution in [0, 0.1) is 11.8 Å². The minimum Gasteiger partial charge on any atom is -0.465 e. The highest BCUT2D eigenvalue weighted by molar-refractivity contribution is 5.69. The summed E-state index contributed by atoms with van der Waals surface area (Å²) in [6.07, 6.45) is 8.70. The lowest BCUT2D eigenvalue weighted by Crippen LogP contribution is -2.24. The Hall–Kier alpha value is -0.570. The number of aliphatic hydroxyl groups is 1. The number of carbonyl (C=O) groups is 1. The van der Waals surface area contributed by atoms with Gasteiger partial charge in [0, 0.05) is 6.42 Å². The van der Waals surface area contributed by atoms with Gasteiger partial charge in [-0.15, -0.1) is 0 Å². The third kappa shape index (κ3) is 6.95. The van der Waals surface area contributed by atoms with Crippen LogP contribution in [0.4, 0.5) is 0 Å². The van der Waals surface area contributed by atoms with Gasteiger partial charge in [0.05, 0.1) is 12.7 Å². The van der Waals surface area contributed by atoms with E-state index in [4.69, 9.17) is 4.74 Å². The van der Waals surface area contributed by atoms with Crippen LogP contribution >= 0.6 is 0 Å². The van der Waals surface area contributed by atoms with Crippen molar-refractivity contribution in [2.75, 3.05) is 6.61 Å². The van der Waals surface area contributed by atoms with Crippen LogP contribution in [-0.4, -0.2) is 23.8 Å². The van der Waals surface area contributed by atoms with Crippen molar-refractivity contribution >= 4 is 5.97 Å². The second-order valence-electron chi connectivity index (χ2n) is 6.02. The number of ether oxygens (including phenoxy) is 1. The fourth-order valence-corrected chi connectivity index (χ4v) is 3.08. The summed E-state index contributed by atoms with van der Waals surface area (Å²) in [4.78, 5) is 11.8. The van der Waals surface area contributed by atoms with Gasteiger partial charge in [0.1, 0.15) is 0 Å². The van der Waals surface area contributed by atoms with E-state index in [2.05, 4.69) is 13.8 Å². The lowest BCUT2D eigenvalue weighted by Gasteiger charge is -2.25. The summed E-state index contributed by atoms with van der Waals surface area (Å²) in [5, 5.41) is 9.59. The zero-order valence-electron chi connectivity index (χ0n) is 12.6. The van der Waals surface area contributed by atoms with E-state index in [1.165, 1.54) is 0 Å². The normalized spacial score (nSPS) is 23.6. The molecule has 2 atom stereocenters. The zero-order valence-corrected chi connectivity index (χ0v) is 12.6. The van der Waals surface area contributed by atoms with Gasteiger partial charge in [-0.1, -0.05) is 46.0 Å². The standard InChI is InChI=1S/C16H30O3/c1-3-6-13(7-4-2)11-16(18)19-12-14-8-5-9-15(17)10-14/h13-15,17H,3-12H2,1-2H3. The van der Waals surface area contributed by atoms with Crippen molar-refractivity contribution in [3.05, 3.63) is 0 Å². The Morgan fingerprint density at radius 2 is 1.95 bits per heavy atom. The Labute approximate surface area is 117 Å². The molecule has 0 heterocycles. The lowest BCUT2D eigenvalue weighted by atomic mass is 9.88. The van der Waals surface area contributed by atoms with Crippen LogP contribution in [0.5, 0.6) is 0 Å². The van der Waals surface area contributed by atoms with Gasteiger partial charge in [-0.3, -0.25) is 4.79 Å². The molecule has 1 aliphatic carbocycles. The quantitative estimate of drug-likeness (QED) is 0.684. The summed E-state index contributed by atoms with van der Waals surface area (Å²) in [6.45, 7) is 4.83. The van der Waals surface area contributed by atoms with Crippen LogP contribution in [0.3, 0.4) is 0 Å². The maximum atomic E-state index is 11.8. The Kier molecular flexibility index (Phi) is 8.11. The van der Waals surface area contributed by atoms with E-state index in [0.29, 0.717) is 24.9 Å². The van der Waals surface area contributed by atoms with Gasteiger partial charge in [-0.2, -0.15) is 0 Å². The molecule has 1 aliphatic rings. The van der Waals surface area contributed by atoms with Gasteiger partial charge >= 0.3 is 5.97 Å². The summed E-state index contributed by atoms with van der Waals surface area (Å²) >= 11 is 0. The first kappa shape index (κ1) is 16.5. The summed E-state index contributed by atoms with van der Waals surface area (Å²) in [5.74, 6) is 0.801. The van der Waals surface area contributed by atoms with Crippen molar-refractivity contribution in [2.45, 2.75) is 77.7 Å². The molecule has 2 unspecified atom stereocenters. The van der Waals surface area contributed by atoms with E-state index in [1.54, 1.807) is 0 Å². The fraction of sp³-hybridized carbons (Fsp3) is 0.938. The lowest BCUT2D eigenvalue weighted by molar-refractivity contribution is -0.147. The van der Waals surface area contributed by atoms with Crippen LogP contribution in [0.15, 0.2) is 0 Å². The van der Waals surface area contributed by atoms with Crippen molar-refractivity contribution < 1.29 is 14.6 Å². The highest BCUT2D eigenvalue weighted by atomic mass is 16.5. The van der Waals surface area contributed by atoms with Crippen LogP contribution in [0.1, 0.15) is 71.6 Å². The molecule has 1 N–H and O–H groups in total. The minimum atomic E-state index is -0.189. The maximum Gasteiger partial charge on any atom is 0.306 e. The summed E-state index contributed by atoms with van der Waals surface area (Å²) in [6, 6.07) is 0. The second-order valence-corrected chi connectivity index (χ2v) is 6.02. The highest BCUT2D eigenvalue weighted by Gasteiger charge is 2.22. The molecule has 1 saturated carbocycles. The van der Waals surface area contributed by atoms with E-state index >= 15 is 0 Å². The molecule has 19 heavy (non-hydrogen) atoms. The second kappa shape index (κ2) is 9.35. The smallest absolute Gasteiger partial charge is 0.306 e. The van der Waals surface area contributed by atoms with Crippen molar-refractivity contribution in [2.24, 2.45) is 11.8 Å². The van der Waals surface area contributed by atoms with E-state index in [1.807, 2.05) is 0 Å².